The first-order chi connectivity index (χ1) is 44.3. The van der Waals surface area contributed by atoms with E-state index in [4.69, 9.17) is 86.2 Å². The third-order valence-electron chi connectivity index (χ3n) is 12.0. The summed E-state index contributed by atoms with van der Waals surface area (Å²) in [7, 11) is -14.4. The molecule has 42 nitrogen and oxygen atoms in total. The molecule has 0 saturated heterocycles. The molecule has 0 aliphatic carbocycles. The van der Waals surface area contributed by atoms with Crippen LogP contribution < -0.4 is 16.0 Å². The van der Waals surface area contributed by atoms with E-state index in [1.54, 1.807) is 0 Å². The highest BCUT2D eigenvalue weighted by atomic mass is 31.2. The Bertz CT molecular complexity index is 2040. The molecule has 0 aliphatic rings. The van der Waals surface area contributed by atoms with Crippen molar-refractivity contribution < 1.29 is 189 Å². The van der Waals surface area contributed by atoms with E-state index < -0.39 is 142 Å². The van der Waals surface area contributed by atoms with Crippen LogP contribution in [-0.4, -0.2) is 360 Å². The highest BCUT2D eigenvalue weighted by Gasteiger charge is 2.34. The third kappa shape index (κ3) is 53.7. The van der Waals surface area contributed by atoms with Gasteiger partial charge in [-0.1, -0.05) is 0 Å². The minimum absolute atomic E-state index is 0.00174. The lowest BCUT2D eigenvalue weighted by Gasteiger charge is -2.26. The fourth-order valence-electron chi connectivity index (χ4n) is 6.97. The van der Waals surface area contributed by atoms with Gasteiger partial charge in [-0.2, -0.15) is 0 Å². The van der Waals surface area contributed by atoms with Gasteiger partial charge in [0.05, 0.1) is 170 Å². The van der Waals surface area contributed by atoms with Crippen LogP contribution in [-0.2, 0) is 98.5 Å². The maximum Gasteiger partial charge on any atom is 0.469 e. The average molecular weight is 1450 g/mol. The molecule has 0 fully saturated rings. The largest absolute Gasteiger partial charge is 0.469 e. The number of amides is 3. The highest BCUT2D eigenvalue weighted by Crippen LogP contribution is 2.37. The van der Waals surface area contributed by atoms with Crippen molar-refractivity contribution in [2.75, 3.05) is 172 Å². The predicted octanol–water partition coefficient (Wildman–Crippen LogP) is -8.84. The van der Waals surface area contributed by atoms with Crippen LogP contribution in [0.3, 0.4) is 0 Å². The van der Waals surface area contributed by atoms with Crippen LogP contribution in [0.4, 0.5) is 0 Å². The van der Waals surface area contributed by atoms with Crippen LogP contribution in [0.25, 0.3) is 0 Å². The van der Waals surface area contributed by atoms with Gasteiger partial charge in [-0.25, -0.2) is 13.7 Å². The summed E-state index contributed by atoms with van der Waals surface area (Å²) < 4.78 is 109. The molecule has 0 saturated carbocycles. The van der Waals surface area contributed by atoms with Crippen molar-refractivity contribution in [3.63, 3.8) is 0 Å². The number of phosphoric acid groups is 3. The Morgan fingerprint density at radius 3 is 0.862 bits per heavy atom. The lowest BCUT2D eigenvalue weighted by Crippen LogP contribution is -2.46. The molecule has 21 N–H and O–H groups in total. The Kier molecular flexibility index (Phi) is 54.2. The molecule has 0 spiro atoms. The topological polar surface area (TPSA) is 641 Å². The maximum atomic E-state index is 12.5. The molecule has 3 amide bonds. The lowest BCUT2D eigenvalue weighted by atomic mass is 10.1. The predicted molar refractivity (Wildman–Crippen MR) is 312 cm³/mol. The zero-order valence-corrected chi connectivity index (χ0v) is 54.5. The first kappa shape index (κ1) is 91.8. The van der Waals surface area contributed by atoms with Crippen molar-refractivity contribution in [2.45, 2.75) is 125 Å². The summed E-state index contributed by atoms with van der Waals surface area (Å²) in [5.41, 5.74) is 0. The second-order valence-electron chi connectivity index (χ2n) is 19.7. The van der Waals surface area contributed by atoms with E-state index in [2.05, 4.69) is 29.5 Å². The summed E-state index contributed by atoms with van der Waals surface area (Å²) >= 11 is 0. The number of aliphatic hydroxyl groups is 12. The minimum Gasteiger partial charge on any atom is -0.390 e. The fraction of sp³-hybridized carbons (Fsp3) is 0.939. The molecule has 94 heavy (non-hydrogen) atoms. The Hall–Kier alpha value is -2.22. The van der Waals surface area contributed by atoms with Gasteiger partial charge in [0.25, 0.3) is 0 Å². The number of hydrogen-bond acceptors (Lipinski definition) is 33. The van der Waals surface area contributed by atoms with Gasteiger partial charge in [-0.15, -0.1) is 0 Å². The first-order valence-corrected chi connectivity index (χ1v) is 34.1. The van der Waals surface area contributed by atoms with Crippen molar-refractivity contribution in [2.24, 2.45) is 0 Å². The summed E-state index contributed by atoms with van der Waals surface area (Å²) in [4.78, 5) is 89.4. The second-order valence-corrected chi connectivity index (χ2v) is 23.4. The number of rotatable bonds is 66. The summed E-state index contributed by atoms with van der Waals surface area (Å²) in [5.74, 6) is -1.05. The van der Waals surface area contributed by atoms with Crippen LogP contribution in [0.5, 0.6) is 0 Å². The Labute approximate surface area is 541 Å². The number of carbonyl (C=O) groups excluding carboxylic acids is 3. The van der Waals surface area contributed by atoms with Crippen molar-refractivity contribution in [3.05, 3.63) is 0 Å². The molecule has 560 valence electrons. The molecule has 0 aromatic heterocycles. The van der Waals surface area contributed by atoms with E-state index in [9.17, 15) is 89.4 Å². The van der Waals surface area contributed by atoms with Crippen LogP contribution in [0.2, 0.25) is 0 Å². The minimum atomic E-state index is -4.81. The molecule has 0 aromatic carbocycles. The van der Waals surface area contributed by atoms with Crippen molar-refractivity contribution in [3.8, 4) is 0 Å². The van der Waals surface area contributed by atoms with E-state index in [1.807, 2.05) is 0 Å². The first-order valence-electron chi connectivity index (χ1n) is 29.5. The van der Waals surface area contributed by atoms with Crippen molar-refractivity contribution in [1.82, 2.24) is 16.0 Å². The molecule has 0 bridgehead atoms. The van der Waals surface area contributed by atoms with Crippen LogP contribution >= 0.6 is 23.5 Å². The average Bonchev–Trinajstić information content (AvgIpc) is 1.04. The summed E-state index contributed by atoms with van der Waals surface area (Å²) in [6, 6.07) is 0. The molecule has 13 atom stereocenters. The van der Waals surface area contributed by atoms with Crippen LogP contribution in [0, 0.1) is 0 Å². The van der Waals surface area contributed by atoms with Gasteiger partial charge >= 0.3 is 23.5 Å². The molecule has 0 rings (SSSR count). The molecule has 45 heteroatoms. The third-order valence-corrected chi connectivity index (χ3v) is 13.6. The van der Waals surface area contributed by atoms with Gasteiger partial charge in [-0.05, 0) is 25.7 Å². The van der Waals surface area contributed by atoms with Gasteiger partial charge in [0.2, 0.25) is 17.7 Å². The van der Waals surface area contributed by atoms with Gasteiger partial charge in [0.1, 0.15) is 36.6 Å². The summed E-state index contributed by atoms with van der Waals surface area (Å²) in [6.45, 7) is -1.31. The van der Waals surface area contributed by atoms with E-state index >= 15 is 0 Å². The number of nitrogens with one attached hydrogen (secondary N) is 3. The number of phosphoric ester groups is 3. The van der Waals surface area contributed by atoms with E-state index in [1.165, 1.54) is 0 Å². The number of hydrogen-bond donors (Lipinski definition) is 21. The normalized spacial score (nSPS) is 16.7. The van der Waals surface area contributed by atoms with Gasteiger partial charge in [-0.3, -0.25) is 28.0 Å². The summed E-state index contributed by atoms with van der Waals surface area (Å²) in [6.07, 6.45) is -24.4. The standard InChI is InChI=1S/C49H100N3O39P3/c53-35(2-15-89-92(68,69)70)41(59)44(62)47(65)86-30-27-81-24-21-78-18-8-50-38(56)5-12-77-11-1-34(85-14-7-40(58)52-10-20-80-23-26-83-29-32-88-49(67)46(64)43(61)37(55)4-17-91-94(74,75)76)33-84-13-6-39(57)51-9-19-79-22-25-82-28-31-87-48(66)45(63)42(60)36(54)3-16-90-93(71,72)73/h34-37,41-49,53-55,59-67H,1-33H2,(H,50,56)(H,51,57)(H,52,58)(H2,68,69,70)(H2,71,72,73)(H2,74,75,76). The molecule has 0 aliphatic heterocycles. The molecule has 0 radical (unpaired) electrons. The number of ether oxygens (including phenoxy) is 12. The van der Waals surface area contributed by atoms with Crippen molar-refractivity contribution in [1.29, 1.82) is 0 Å². The SMILES string of the molecule is O=C(CCOCCC(COCCC(=O)NCCOCCOCCOC(O)C(O)C(O)C(O)CCOP(=O)(O)O)OCCC(=O)NCCOCCOCCOC(O)C(O)C(O)C(O)CCOP(=O)(O)O)NCCOCCOCCOC(O)C(O)C(O)C(O)CCOP(=O)(O)O. The zero-order chi connectivity index (χ0) is 70.8. The Balaban J connectivity index is 4.66. The highest BCUT2D eigenvalue weighted by molar-refractivity contribution is 7.46. The molecular formula is C49H100N3O39P3. The second kappa shape index (κ2) is 55.5. The molecule has 13 unspecified atom stereocenters. The van der Waals surface area contributed by atoms with Gasteiger partial charge in [0, 0.05) is 45.5 Å². The quantitative estimate of drug-likeness (QED) is 0.0153. The Morgan fingerprint density at radius 1 is 0.287 bits per heavy atom. The van der Waals surface area contributed by atoms with E-state index in [-0.39, 0.29) is 195 Å². The number of aliphatic hydroxyl groups excluding tert-OH is 12. The fourth-order valence-corrected chi connectivity index (χ4v) is 8.00. The zero-order valence-electron chi connectivity index (χ0n) is 51.8. The molecular weight excluding hydrogens is 1350 g/mol. The Morgan fingerprint density at radius 2 is 0.553 bits per heavy atom. The van der Waals surface area contributed by atoms with E-state index in [0.717, 1.165) is 0 Å². The van der Waals surface area contributed by atoms with E-state index in [0.29, 0.717) is 0 Å². The monoisotopic (exact) mass is 1450 g/mol. The summed E-state index contributed by atoms with van der Waals surface area (Å²) in [5, 5.41) is 127. The van der Waals surface area contributed by atoms with Gasteiger partial charge in [0.15, 0.2) is 18.9 Å². The number of carbonyl (C=O) groups is 3. The van der Waals surface area contributed by atoms with Gasteiger partial charge < -0.3 is 163 Å². The van der Waals surface area contributed by atoms with Crippen molar-refractivity contribution >= 4 is 41.2 Å². The smallest absolute Gasteiger partial charge is 0.390 e. The lowest BCUT2D eigenvalue weighted by molar-refractivity contribution is -0.207. The van der Waals surface area contributed by atoms with Crippen LogP contribution in [0.1, 0.15) is 44.9 Å². The molecule has 0 heterocycles. The van der Waals surface area contributed by atoms with Crippen LogP contribution in [0.15, 0.2) is 0 Å². The molecule has 0 aromatic rings. The maximum absolute atomic E-state index is 12.5.